The van der Waals surface area contributed by atoms with Gasteiger partial charge in [0.15, 0.2) is 0 Å². The first-order valence-corrected chi connectivity index (χ1v) is 5.05. The van der Waals surface area contributed by atoms with E-state index < -0.39 is 24.9 Å². The van der Waals surface area contributed by atoms with Crippen LogP contribution in [0.5, 0.6) is 0 Å². The fourth-order valence-corrected chi connectivity index (χ4v) is 1.16. The van der Waals surface area contributed by atoms with E-state index in [1.54, 1.807) is 0 Å². The van der Waals surface area contributed by atoms with Crippen LogP contribution in [0.1, 0.15) is 19.3 Å². The first-order valence-electron chi connectivity index (χ1n) is 5.05. The minimum atomic E-state index is -5.01. The van der Waals surface area contributed by atoms with Crippen LogP contribution in [0.2, 0.25) is 0 Å². The van der Waals surface area contributed by atoms with Crippen molar-refractivity contribution in [1.29, 1.82) is 0 Å². The second kappa shape index (κ2) is 7.60. The maximum atomic E-state index is 13.6. The SMILES string of the molecule is C=CCOCC(F)(CCCCOF)C(F)(F)F. The first kappa shape index (κ1) is 16.3. The molecule has 0 aromatic rings. The van der Waals surface area contributed by atoms with Crippen LogP contribution in [0.3, 0.4) is 0 Å². The lowest BCUT2D eigenvalue weighted by Crippen LogP contribution is -2.45. The Hall–Kier alpha value is -0.690. The molecule has 0 N–H and O–H groups in total. The summed E-state index contributed by atoms with van der Waals surface area (Å²) in [5.74, 6) is 0. The summed E-state index contributed by atoms with van der Waals surface area (Å²) in [6, 6.07) is 0. The molecule has 7 heteroatoms. The topological polar surface area (TPSA) is 18.5 Å². The van der Waals surface area contributed by atoms with Gasteiger partial charge in [0.25, 0.3) is 0 Å². The predicted octanol–water partition coefficient (Wildman–Crippen LogP) is 3.53. The van der Waals surface area contributed by atoms with Gasteiger partial charge in [-0.15, -0.1) is 6.58 Å². The number of unbranched alkanes of at least 4 members (excludes halogenated alkanes) is 1. The van der Waals surface area contributed by atoms with E-state index in [0.717, 1.165) is 0 Å². The van der Waals surface area contributed by atoms with Crippen molar-refractivity contribution in [3.8, 4) is 0 Å². The molecule has 17 heavy (non-hydrogen) atoms. The van der Waals surface area contributed by atoms with Crippen LogP contribution in [-0.4, -0.2) is 31.7 Å². The standard InChI is InChI=1S/C10H15F5O2/c1-2-6-16-8-9(11,10(12,13)14)5-3-4-7-17-15/h2H,1,3-8H2. The Morgan fingerprint density at radius 3 is 2.24 bits per heavy atom. The normalized spacial score (nSPS) is 15.6. The summed E-state index contributed by atoms with van der Waals surface area (Å²) < 4.78 is 66.8. The summed E-state index contributed by atoms with van der Waals surface area (Å²) in [6.07, 6.45) is -4.69. The maximum absolute atomic E-state index is 13.6. The van der Waals surface area contributed by atoms with E-state index >= 15 is 0 Å². The molecule has 0 aliphatic carbocycles. The molecule has 102 valence electrons. The van der Waals surface area contributed by atoms with Crippen molar-refractivity contribution in [3.05, 3.63) is 12.7 Å². The van der Waals surface area contributed by atoms with Gasteiger partial charge in [-0.05, 0) is 23.8 Å². The molecule has 0 saturated carbocycles. The molecule has 0 saturated heterocycles. The van der Waals surface area contributed by atoms with Crippen LogP contribution in [0.25, 0.3) is 0 Å². The molecular formula is C10H15F5O2. The highest BCUT2D eigenvalue weighted by Crippen LogP contribution is 2.38. The molecule has 0 radical (unpaired) electrons. The van der Waals surface area contributed by atoms with Crippen LogP contribution in [0, 0.1) is 0 Å². The van der Waals surface area contributed by atoms with E-state index in [0.29, 0.717) is 0 Å². The molecule has 1 unspecified atom stereocenters. The number of hydrogen-bond acceptors (Lipinski definition) is 2. The highest BCUT2D eigenvalue weighted by Gasteiger charge is 2.55. The van der Waals surface area contributed by atoms with Crippen molar-refractivity contribution in [1.82, 2.24) is 0 Å². The van der Waals surface area contributed by atoms with Gasteiger partial charge in [0, 0.05) is 0 Å². The molecule has 0 aliphatic rings. The fraction of sp³-hybridized carbons (Fsp3) is 0.800. The smallest absolute Gasteiger partial charge is 0.374 e. The predicted molar refractivity (Wildman–Crippen MR) is 51.8 cm³/mol. The summed E-state index contributed by atoms with van der Waals surface area (Å²) in [5, 5.41) is 0. The van der Waals surface area contributed by atoms with Crippen molar-refractivity contribution < 1.29 is 31.8 Å². The Balaban J connectivity index is 4.25. The van der Waals surface area contributed by atoms with Crippen LogP contribution in [-0.2, 0) is 9.68 Å². The van der Waals surface area contributed by atoms with Gasteiger partial charge in [0.1, 0.15) is 0 Å². The van der Waals surface area contributed by atoms with E-state index in [9.17, 15) is 22.1 Å². The molecule has 0 aromatic heterocycles. The minimum Gasteiger partial charge on any atom is -0.374 e. The number of halogens is 5. The first-order chi connectivity index (χ1) is 7.87. The molecule has 0 heterocycles. The molecule has 2 nitrogen and oxygen atoms in total. The Labute approximate surface area is 96.3 Å². The monoisotopic (exact) mass is 262 g/mol. The van der Waals surface area contributed by atoms with E-state index in [-0.39, 0.29) is 26.1 Å². The van der Waals surface area contributed by atoms with E-state index in [1.165, 1.54) is 6.08 Å². The average molecular weight is 262 g/mol. The molecule has 0 bridgehead atoms. The number of alkyl halides is 4. The highest BCUT2D eigenvalue weighted by atomic mass is 19.4. The lowest BCUT2D eigenvalue weighted by Gasteiger charge is -2.27. The Bertz CT molecular complexity index is 219. The van der Waals surface area contributed by atoms with Gasteiger partial charge in [0.05, 0.1) is 19.8 Å². The van der Waals surface area contributed by atoms with Gasteiger partial charge < -0.3 is 4.74 Å². The zero-order valence-corrected chi connectivity index (χ0v) is 9.23. The molecule has 0 amide bonds. The molecular weight excluding hydrogens is 247 g/mol. The van der Waals surface area contributed by atoms with Crippen LogP contribution in [0.15, 0.2) is 12.7 Å². The van der Waals surface area contributed by atoms with Crippen LogP contribution >= 0.6 is 0 Å². The quantitative estimate of drug-likeness (QED) is 0.359. The zero-order chi connectivity index (χ0) is 13.4. The largest absolute Gasteiger partial charge is 0.424 e. The van der Waals surface area contributed by atoms with Crippen molar-refractivity contribution in [3.63, 3.8) is 0 Å². The van der Waals surface area contributed by atoms with Crippen molar-refractivity contribution in [2.45, 2.75) is 31.1 Å². The van der Waals surface area contributed by atoms with Gasteiger partial charge >= 0.3 is 6.18 Å². The zero-order valence-electron chi connectivity index (χ0n) is 9.23. The summed E-state index contributed by atoms with van der Waals surface area (Å²) >= 11 is 0. The van der Waals surface area contributed by atoms with E-state index in [2.05, 4.69) is 16.3 Å². The third kappa shape index (κ3) is 5.97. The number of ether oxygens (including phenoxy) is 1. The maximum Gasteiger partial charge on any atom is 0.424 e. The Morgan fingerprint density at radius 1 is 1.12 bits per heavy atom. The summed E-state index contributed by atoms with van der Waals surface area (Å²) in [7, 11) is 0. The lowest BCUT2D eigenvalue weighted by molar-refractivity contribution is -0.247. The minimum absolute atomic E-state index is 0.0136. The van der Waals surface area contributed by atoms with Crippen molar-refractivity contribution in [2.75, 3.05) is 19.8 Å². The van der Waals surface area contributed by atoms with E-state index in [4.69, 9.17) is 0 Å². The van der Waals surface area contributed by atoms with Crippen LogP contribution in [0.4, 0.5) is 22.1 Å². The molecule has 1 atom stereocenters. The molecule has 0 aliphatic heterocycles. The van der Waals surface area contributed by atoms with Gasteiger partial charge in [-0.3, -0.25) is 0 Å². The van der Waals surface area contributed by atoms with Gasteiger partial charge in [-0.2, -0.15) is 18.1 Å². The molecule has 0 spiro atoms. The van der Waals surface area contributed by atoms with Crippen molar-refractivity contribution >= 4 is 0 Å². The summed E-state index contributed by atoms with van der Waals surface area (Å²) in [4.78, 5) is 3.19. The fourth-order valence-electron chi connectivity index (χ4n) is 1.16. The number of rotatable bonds is 9. The molecule has 0 fully saturated rings. The Morgan fingerprint density at radius 2 is 1.76 bits per heavy atom. The summed E-state index contributed by atoms with van der Waals surface area (Å²) in [5.41, 5.74) is -3.41. The van der Waals surface area contributed by atoms with Gasteiger partial charge in [-0.1, -0.05) is 6.08 Å². The van der Waals surface area contributed by atoms with Gasteiger partial charge in [-0.25, -0.2) is 4.39 Å². The van der Waals surface area contributed by atoms with Crippen molar-refractivity contribution in [2.24, 2.45) is 0 Å². The van der Waals surface area contributed by atoms with Gasteiger partial charge in [0.2, 0.25) is 5.67 Å². The third-order valence-corrected chi connectivity index (χ3v) is 2.12. The Kier molecular flexibility index (Phi) is 7.29. The lowest BCUT2D eigenvalue weighted by atomic mass is 9.99. The molecule has 0 aromatic carbocycles. The number of hydrogen-bond donors (Lipinski definition) is 0. The highest BCUT2D eigenvalue weighted by molar-refractivity contribution is 4.87. The summed E-state index contributed by atoms with van der Waals surface area (Å²) in [6.45, 7) is 1.65. The second-order valence-electron chi connectivity index (χ2n) is 3.54. The molecule has 0 rings (SSSR count). The third-order valence-electron chi connectivity index (χ3n) is 2.12. The van der Waals surface area contributed by atoms with Crippen LogP contribution < -0.4 is 0 Å². The average Bonchev–Trinajstić information content (AvgIpc) is 2.23. The second-order valence-corrected chi connectivity index (χ2v) is 3.54. The van der Waals surface area contributed by atoms with E-state index in [1.807, 2.05) is 0 Å².